The van der Waals surface area contributed by atoms with E-state index >= 15 is 0 Å². The molecule has 2 nitrogen and oxygen atoms in total. The van der Waals surface area contributed by atoms with Crippen LogP contribution in [-0.2, 0) is 0 Å². The average Bonchev–Trinajstić information content (AvgIpc) is 2.44. The summed E-state index contributed by atoms with van der Waals surface area (Å²) in [4.78, 5) is 0. The molecule has 0 saturated heterocycles. The molecule has 0 aromatic heterocycles. The van der Waals surface area contributed by atoms with Crippen molar-refractivity contribution in [3.63, 3.8) is 0 Å². The van der Waals surface area contributed by atoms with Crippen LogP contribution in [0.15, 0.2) is 35.9 Å². The molecule has 0 saturated carbocycles. The third-order valence-corrected chi connectivity index (χ3v) is 2.05. The lowest BCUT2D eigenvalue weighted by atomic mass is 10.3. The predicted molar refractivity (Wildman–Crippen MR) is 56.9 cm³/mol. The van der Waals surface area contributed by atoms with Gasteiger partial charge in [-0.2, -0.15) is 0 Å². The maximum atomic E-state index is 3.38. The summed E-state index contributed by atoms with van der Waals surface area (Å²) in [6.45, 7) is 4.21. The van der Waals surface area contributed by atoms with Gasteiger partial charge in [0.15, 0.2) is 0 Å². The smallest absolute Gasteiger partial charge is 0.116 e. The molecule has 0 aliphatic carbocycles. The summed E-state index contributed by atoms with van der Waals surface area (Å²) in [6, 6.07) is 8.25. The minimum atomic E-state index is 0.252. The fourth-order valence-corrected chi connectivity index (χ4v) is 1.52. The monoisotopic (exact) mass is 174 g/mol. The number of nitrogens with one attached hydrogen (secondary N) is 2. The summed E-state index contributed by atoms with van der Waals surface area (Å²) in [5.41, 5.74) is 3.69. The molecule has 1 aliphatic heterocycles. The molecule has 1 aromatic carbocycles. The SMILES string of the molecule is CC(C)=CC1Nc2ccccc2N1. The normalized spacial score (nSPS) is 14.3. The van der Waals surface area contributed by atoms with Crippen molar-refractivity contribution in [2.75, 3.05) is 10.6 Å². The largest absolute Gasteiger partial charge is 0.360 e. The molecule has 1 heterocycles. The molecule has 0 spiro atoms. The molecule has 2 rings (SSSR count). The van der Waals surface area contributed by atoms with Gasteiger partial charge in [0.1, 0.15) is 6.17 Å². The lowest BCUT2D eigenvalue weighted by Crippen LogP contribution is -2.18. The van der Waals surface area contributed by atoms with E-state index in [1.807, 2.05) is 12.1 Å². The van der Waals surface area contributed by atoms with Gasteiger partial charge in [0.2, 0.25) is 0 Å². The maximum Gasteiger partial charge on any atom is 0.116 e. The van der Waals surface area contributed by atoms with Crippen LogP contribution in [0.5, 0.6) is 0 Å². The first-order chi connectivity index (χ1) is 6.25. The van der Waals surface area contributed by atoms with E-state index in [0.717, 1.165) is 0 Å². The van der Waals surface area contributed by atoms with Gasteiger partial charge in [0, 0.05) is 0 Å². The fourth-order valence-electron chi connectivity index (χ4n) is 1.52. The van der Waals surface area contributed by atoms with Crippen molar-refractivity contribution in [1.82, 2.24) is 0 Å². The molecule has 2 heteroatoms. The number of para-hydroxylation sites is 2. The molecule has 0 amide bonds. The molecule has 0 radical (unpaired) electrons. The first kappa shape index (κ1) is 8.17. The number of allylic oxidation sites excluding steroid dienone is 1. The van der Waals surface area contributed by atoms with Crippen LogP contribution in [-0.4, -0.2) is 6.17 Å². The van der Waals surface area contributed by atoms with Gasteiger partial charge in [0.05, 0.1) is 11.4 Å². The standard InChI is InChI=1S/C11H14N2/c1-8(2)7-11-12-9-5-3-4-6-10(9)13-11/h3-7,11-13H,1-2H3. The van der Waals surface area contributed by atoms with Crippen LogP contribution in [0.2, 0.25) is 0 Å². The second kappa shape index (κ2) is 3.13. The Hall–Kier alpha value is -1.44. The van der Waals surface area contributed by atoms with Crippen LogP contribution in [0.1, 0.15) is 13.8 Å². The zero-order chi connectivity index (χ0) is 9.26. The third kappa shape index (κ3) is 1.66. The summed E-state index contributed by atoms with van der Waals surface area (Å²) in [7, 11) is 0. The minimum absolute atomic E-state index is 0.252. The van der Waals surface area contributed by atoms with Gasteiger partial charge < -0.3 is 10.6 Å². The van der Waals surface area contributed by atoms with E-state index in [1.54, 1.807) is 0 Å². The van der Waals surface area contributed by atoms with Crippen molar-refractivity contribution < 1.29 is 0 Å². The van der Waals surface area contributed by atoms with E-state index in [0.29, 0.717) is 0 Å². The predicted octanol–water partition coefficient (Wildman–Crippen LogP) is 2.82. The van der Waals surface area contributed by atoms with Crippen molar-refractivity contribution in [3.8, 4) is 0 Å². The highest BCUT2D eigenvalue weighted by Crippen LogP contribution is 2.28. The molecular formula is C11H14N2. The van der Waals surface area contributed by atoms with Gasteiger partial charge in [-0.1, -0.05) is 17.7 Å². The van der Waals surface area contributed by atoms with Gasteiger partial charge in [0.25, 0.3) is 0 Å². The highest BCUT2D eigenvalue weighted by Gasteiger charge is 2.15. The fraction of sp³-hybridized carbons (Fsp3) is 0.273. The van der Waals surface area contributed by atoms with Crippen LogP contribution in [0.25, 0.3) is 0 Å². The Kier molecular flexibility index (Phi) is 1.97. The van der Waals surface area contributed by atoms with Crippen molar-refractivity contribution in [1.29, 1.82) is 0 Å². The molecular weight excluding hydrogens is 160 g/mol. The molecule has 0 bridgehead atoms. The third-order valence-electron chi connectivity index (χ3n) is 2.05. The van der Waals surface area contributed by atoms with E-state index < -0.39 is 0 Å². The van der Waals surface area contributed by atoms with Gasteiger partial charge in [-0.15, -0.1) is 0 Å². The molecule has 1 aromatic rings. The van der Waals surface area contributed by atoms with Gasteiger partial charge in [-0.3, -0.25) is 0 Å². The Balaban J connectivity index is 2.18. The van der Waals surface area contributed by atoms with Gasteiger partial charge in [-0.25, -0.2) is 0 Å². The lowest BCUT2D eigenvalue weighted by Gasteiger charge is -2.06. The van der Waals surface area contributed by atoms with Crippen LogP contribution < -0.4 is 10.6 Å². The molecule has 1 aliphatic rings. The van der Waals surface area contributed by atoms with Crippen LogP contribution in [0, 0.1) is 0 Å². The first-order valence-electron chi connectivity index (χ1n) is 4.53. The summed E-state index contributed by atoms with van der Waals surface area (Å²) in [5, 5.41) is 6.76. The number of anilines is 2. The van der Waals surface area contributed by atoms with Crippen LogP contribution >= 0.6 is 0 Å². The molecule has 0 fully saturated rings. The average molecular weight is 174 g/mol. The lowest BCUT2D eigenvalue weighted by molar-refractivity contribution is 1.04. The molecule has 68 valence electrons. The summed E-state index contributed by atoms with van der Waals surface area (Å²) >= 11 is 0. The van der Waals surface area contributed by atoms with Crippen molar-refractivity contribution in [2.24, 2.45) is 0 Å². The number of rotatable bonds is 1. The number of benzene rings is 1. The first-order valence-corrected chi connectivity index (χ1v) is 4.53. The van der Waals surface area contributed by atoms with Crippen LogP contribution in [0.3, 0.4) is 0 Å². The van der Waals surface area contributed by atoms with Crippen molar-refractivity contribution in [2.45, 2.75) is 20.0 Å². The Morgan fingerprint density at radius 1 is 1.15 bits per heavy atom. The molecule has 13 heavy (non-hydrogen) atoms. The Morgan fingerprint density at radius 2 is 1.69 bits per heavy atom. The van der Waals surface area contributed by atoms with E-state index in [4.69, 9.17) is 0 Å². The molecule has 0 atom stereocenters. The highest BCUT2D eigenvalue weighted by atomic mass is 15.2. The highest BCUT2D eigenvalue weighted by molar-refractivity contribution is 5.74. The Morgan fingerprint density at radius 3 is 2.15 bits per heavy atom. The summed E-state index contributed by atoms with van der Waals surface area (Å²) in [6.07, 6.45) is 2.43. The topological polar surface area (TPSA) is 24.1 Å². The number of hydrogen-bond acceptors (Lipinski definition) is 2. The van der Waals surface area contributed by atoms with Gasteiger partial charge >= 0.3 is 0 Å². The zero-order valence-electron chi connectivity index (χ0n) is 7.96. The molecule has 0 unspecified atom stereocenters. The second-order valence-corrected chi connectivity index (χ2v) is 3.56. The van der Waals surface area contributed by atoms with E-state index in [9.17, 15) is 0 Å². The summed E-state index contributed by atoms with van der Waals surface area (Å²) in [5.74, 6) is 0. The Bertz CT molecular complexity index is 313. The summed E-state index contributed by atoms with van der Waals surface area (Å²) < 4.78 is 0. The zero-order valence-corrected chi connectivity index (χ0v) is 7.96. The quantitative estimate of drug-likeness (QED) is 0.640. The van der Waals surface area contributed by atoms with Crippen molar-refractivity contribution >= 4 is 11.4 Å². The number of fused-ring (bicyclic) bond motifs is 1. The minimum Gasteiger partial charge on any atom is -0.360 e. The van der Waals surface area contributed by atoms with Gasteiger partial charge in [-0.05, 0) is 32.1 Å². The second-order valence-electron chi connectivity index (χ2n) is 3.56. The van der Waals surface area contributed by atoms with E-state index in [1.165, 1.54) is 16.9 Å². The maximum absolute atomic E-state index is 3.38. The van der Waals surface area contributed by atoms with E-state index in [-0.39, 0.29) is 6.17 Å². The van der Waals surface area contributed by atoms with Crippen molar-refractivity contribution in [3.05, 3.63) is 35.9 Å². The molecule has 2 N–H and O–H groups in total. The Labute approximate surface area is 78.7 Å². The van der Waals surface area contributed by atoms with Crippen LogP contribution in [0.4, 0.5) is 11.4 Å². The van der Waals surface area contributed by atoms with E-state index in [2.05, 4.69) is 42.7 Å². The number of hydrogen-bond donors (Lipinski definition) is 2.